The number of thioether (sulfide) groups is 1. The summed E-state index contributed by atoms with van der Waals surface area (Å²) in [6.07, 6.45) is 5.25. The quantitative estimate of drug-likeness (QED) is 0.724. The van der Waals surface area contributed by atoms with Crippen molar-refractivity contribution in [1.82, 2.24) is 15.3 Å². The number of nitrogens with one attached hydrogen (secondary N) is 2. The Morgan fingerprint density at radius 3 is 3.12 bits per heavy atom. The van der Waals surface area contributed by atoms with Gasteiger partial charge in [0.25, 0.3) is 5.56 Å². The van der Waals surface area contributed by atoms with Crippen LogP contribution in [-0.4, -0.2) is 28.2 Å². The van der Waals surface area contributed by atoms with Crippen molar-refractivity contribution in [1.29, 1.82) is 0 Å². The number of unbranched alkanes of at least 4 members (excludes halogenated alkanes) is 1. The van der Waals surface area contributed by atoms with E-state index in [4.69, 9.17) is 0 Å². The zero-order valence-corrected chi connectivity index (χ0v) is 16.4. The molecule has 3 rings (SSSR count). The van der Waals surface area contributed by atoms with Crippen molar-refractivity contribution in [2.75, 3.05) is 12.3 Å². The molecule has 0 bridgehead atoms. The van der Waals surface area contributed by atoms with Crippen LogP contribution in [0.4, 0.5) is 0 Å². The summed E-state index contributed by atoms with van der Waals surface area (Å²) in [6.45, 7) is 5.09. The van der Waals surface area contributed by atoms with Crippen molar-refractivity contribution in [3.05, 3.63) is 26.6 Å². The van der Waals surface area contributed by atoms with Crippen molar-refractivity contribution >= 4 is 39.2 Å². The van der Waals surface area contributed by atoms with Crippen LogP contribution in [0.15, 0.2) is 4.79 Å². The molecule has 136 valence electrons. The largest absolute Gasteiger partial charge is 0.355 e. The van der Waals surface area contributed by atoms with Crippen molar-refractivity contribution in [2.45, 2.75) is 51.7 Å². The number of aromatic amines is 1. The van der Waals surface area contributed by atoms with Gasteiger partial charge in [-0.05, 0) is 37.2 Å². The van der Waals surface area contributed by atoms with E-state index in [9.17, 15) is 9.59 Å². The third-order valence-corrected chi connectivity index (χ3v) is 6.63. The molecule has 1 aliphatic rings. The molecule has 1 amide bonds. The fourth-order valence-corrected chi connectivity index (χ4v) is 5.28. The van der Waals surface area contributed by atoms with E-state index in [-0.39, 0.29) is 11.5 Å². The molecule has 1 aliphatic carbocycles. The lowest BCUT2D eigenvalue weighted by molar-refractivity contribution is -0.118. The number of fused-ring (bicyclic) bond motifs is 3. The predicted molar refractivity (Wildman–Crippen MR) is 106 cm³/mol. The average molecular weight is 380 g/mol. The standard InChI is InChI=1S/C18H25N3O2S2/c1-3-4-7-19-15(22)10-24-9-14-20-17(23)16-12-6-5-11(2)8-13(12)25-18(16)21-14/h11H,3-10H2,1-2H3,(H,19,22)(H,20,21,23)/t11-/m0/s1. The van der Waals surface area contributed by atoms with Crippen molar-refractivity contribution in [2.24, 2.45) is 5.92 Å². The van der Waals surface area contributed by atoms with Gasteiger partial charge in [0.15, 0.2) is 0 Å². The van der Waals surface area contributed by atoms with Crippen LogP contribution in [0.5, 0.6) is 0 Å². The van der Waals surface area contributed by atoms with E-state index < -0.39 is 0 Å². The molecule has 0 saturated heterocycles. The summed E-state index contributed by atoms with van der Waals surface area (Å²) >= 11 is 3.15. The van der Waals surface area contributed by atoms with Crippen molar-refractivity contribution < 1.29 is 4.79 Å². The Morgan fingerprint density at radius 1 is 1.48 bits per heavy atom. The molecule has 0 saturated carbocycles. The average Bonchev–Trinajstić information content (AvgIpc) is 2.92. The maximum Gasteiger partial charge on any atom is 0.259 e. The zero-order valence-electron chi connectivity index (χ0n) is 14.8. The highest BCUT2D eigenvalue weighted by atomic mass is 32.2. The maximum atomic E-state index is 12.5. The lowest BCUT2D eigenvalue weighted by Gasteiger charge is -2.17. The van der Waals surface area contributed by atoms with E-state index in [0.29, 0.717) is 23.2 Å². The molecule has 2 N–H and O–H groups in total. The maximum absolute atomic E-state index is 12.5. The Bertz CT molecular complexity index is 812. The fraction of sp³-hybridized carbons (Fsp3) is 0.611. The fourth-order valence-electron chi connectivity index (χ4n) is 3.16. The number of rotatable bonds is 7. The van der Waals surface area contributed by atoms with Crippen LogP contribution >= 0.6 is 23.1 Å². The van der Waals surface area contributed by atoms with Gasteiger partial charge >= 0.3 is 0 Å². The summed E-state index contributed by atoms with van der Waals surface area (Å²) in [4.78, 5) is 34.0. The normalized spacial score (nSPS) is 16.8. The highest BCUT2D eigenvalue weighted by Gasteiger charge is 2.22. The predicted octanol–water partition coefficient (Wildman–Crippen LogP) is 3.26. The number of H-pyrrole nitrogens is 1. The molecule has 7 heteroatoms. The molecular formula is C18H25N3O2S2. The number of hydrogen-bond donors (Lipinski definition) is 2. The molecule has 0 unspecified atom stereocenters. The van der Waals surface area contributed by atoms with Crippen LogP contribution in [0.25, 0.3) is 10.2 Å². The van der Waals surface area contributed by atoms with Crippen LogP contribution in [0.1, 0.15) is 49.4 Å². The van der Waals surface area contributed by atoms with Gasteiger partial charge in [-0.25, -0.2) is 4.98 Å². The number of nitrogens with zero attached hydrogens (tertiary/aromatic N) is 1. The summed E-state index contributed by atoms with van der Waals surface area (Å²) in [5.41, 5.74) is 1.18. The smallest absolute Gasteiger partial charge is 0.259 e. The summed E-state index contributed by atoms with van der Waals surface area (Å²) < 4.78 is 0. The van der Waals surface area contributed by atoms with Crippen LogP contribution in [0.3, 0.4) is 0 Å². The van der Waals surface area contributed by atoms with Crippen molar-refractivity contribution in [3.63, 3.8) is 0 Å². The summed E-state index contributed by atoms with van der Waals surface area (Å²) in [5.74, 6) is 2.33. The molecule has 0 radical (unpaired) electrons. The Morgan fingerprint density at radius 2 is 2.32 bits per heavy atom. The second-order valence-electron chi connectivity index (χ2n) is 6.74. The van der Waals surface area contributed by atoms with E-state index in [2.05, 4.69) is 29.1 Å². The molecule has 1 atom stereocenters. The van der Waals surface area contributed by atoms with E-state index in [1.165, 1.54) is 22.2 Å². The minimum Gasteiger partial charge on any atom is -0.355 e. The zero-order chi connectivity index (χ0) is 17.8. The number of aromatic nitrogens is 2. The molecule has 2 aromatic rings. The van der Waals surface area contributed by atoms with Gasteiger partial charge in [-0.15, -0.1) is 23.1 Å². The van der Waals surface area contributed by atoms with Crippen LogP contribution in [-0.2, 0) is 23.4 Å². The molecule has 0 aromatic carbocycles. The number of carbonyl (C=O) groups excluding carboxylic acids is 1. The molecule has 5 nitrogen and oxygen atoms in total. The monoisotopic (exact) mass is 379 g/mol. The summed E-state index contributed by atoms with van der Waals surface area (Å²) in [6, 6.07) is 0. The number of aryl methyl sites for hydroxylation is 1. The summed E-state index contributed by atoms with van der Waals surface area (Å²) in [7, 11) is 0. The van der Waals surface area contributed by atoms with Crippen LogP contribution in [0, 0.1) is 5.92 Å². The van der Waals surface area contributed by atoms with Gasteiger partial charge in [-0.1, -0.05) is 20.3 Å². The molecule has 2 heterocycles. The number of hydrogen-bond acceptors (Lipinski definition) is 5. The van der Waals surface area contributed by atoms with Gasteiger partial charge < -0.3 is 10.3 Å². The van der Waals surface area contributed by atoms with E-state index in [1.54, 1.807) is 11.3 Å². The SMILES string of the molecule is CCCCNC(=O)CSCc1nc2sc3c(c2c(=O)[nH]1)CC[C@H](C)C3. The first-order valence-electron chi connectivity index (χ1n) is 8.96. The minimum atomic E-state index is -0.0277. The molecular weight excluding hydrogens is 354 g/mol. The second kappa shape index (κ2) is 8.36. The van der Waals surface area contributed by atoms with Gasteiger partial charge in [0.1, 0.15) is 10.7 Å². The lowest BCUT2D eigenvalue weighted by Crippen LogP contribution is -2.26. The Hall–Kier alpha value is -1.34. The Balaban J connectivity index is 1.65. The highest BCUT2D eigenvalue weighted by Crippen LogP contribution is 2.35. The Labute approximate surface area is 156 Å². The Kier molecular flexibility index (Phi) is 6.17. The van der Waals surface area contributed by atoms with Crippen LogP contribution < -0.4 is 10.9 Å². The van der Waals surface area contributed by atoms with Gasteiger partial charge in [0.2, 0.25) is 5.91 Å². The number of amides is 1. The van der Waals surface area contributed by atoms with E-state index in [0.717, 1.165) is 48.9 Å². The second-order valence-corrected chi connectivity index (χ2v) is 8.81. The highest BCUT2D eigenvalue weighted by molar-refractivity contribution is 7.99. The first kappa shape index (κ1) is 18.5. The number of carbonyl (C=O) groups is 1. The lowest BCUT2D eigenvalue weighted by atomic mass is 9.89. The van der Waals surface area contributed by atoms with Gasteiger partial charge in [0.05, 0.1) is 16.9 Å². The first-order chi connectivity index (χ1) is 12.1. The summed E-state index contributed by atoms with van der Waals surface area (Å²) in [5, 5.41) is 3.69. The number of thiophene rings is 1. The molecule has 0 aliphatic heterocycles. The molecule has 2 aromatic heterocycles. The first-order valence-corrected chi connectivity index (χ1v) is 10.9. The third kappa shape index (κ3) is 4.44. The molecule has 25 heavy (non-hydrogen) atoms. The third-order valence-electron chi connectivity index (χ3n) is 4.54. The van der Waals surface area contributed by atoms with Gasteiger partial charge in [-0.3, -0.25) is 9.59 Å². The molecule has 0 spiro atoms. The van der Waals surface area contributed by atoms with Crippen LogP contribution in [0.2, 0.25) is 0 Å². The molecule has 0 fully saturated rings. The van der Waals surface area contributed by atoms with Gasteiger partial charge in [0, 0.05) is 11.4 Å². The van der Waals surface area contributed by atoms with Crippen molar-refractivity contribution in [3.8, 4) is 0 Å². The van der Waals surface area contributed by atoms with E-state index >= 15 is 0 Å². The van der Waals surface area contributed by atoms with E-state index in [1.807, 2.05) is 0 Å². The van der Waals surface area contributed by atoms with Gasteiger partial charge in [-0.2, -0.15) is 0 Å². The minimum absolute atomic E-state index is 0.0277. The topological polar surface area (TPSA) is 74.8 Å².